The van der Waals surface area contributed by atoms with Crippen LogP contribution < -0.4 is 5.32 Å². The molecule has 0 saturated carbocycles. The Morgan fingerprint density at radius 3 is 1.77 bits per heavy atom. The monoisotopic (exact) mass is 185 g/mol. The minimum absolute atomic E-state index is 0.400. The van der Waals surface area contributed by atoms with Crippen LogP contribution in [0.4, 0.5) is 0 Å². The Morgan fingerprint density at radius 1 is 1.08 bits per heavy atom. The van der Waals surface area contributed by atoms with Gasteiger partial charge in [0.1, 0.15) is 0 Å². The van der Waals surface area contributed by atoms with Crippen molar-refractivity contribution in [1.29, 1.82) is 0 Å². The quantitative estimate of drug-likeness (QED) is 0.708. The van der Waals surface area contributed by atoms with E-state index in [0.29, 0.717) is 23.3 Å². The van der Waals surface area contributed by atoms with Gasteiger partial charge in [-0.25, -0.2) is 0 Å². The summed E-state index contributed by atoms with van der Waals surface area (Å²) in [6.07, 6.45) is 0. The maximum absolute atomic E-state index is 3.59. The first kappa shape index (κ1) is 13.0. The molecule has 13 heavy (non-hydrogen) atoms. The van der Waals surface area contributed by atoms with Gasteiger partial charge < -0.3 is 5.32 Å². The van der Waals surface area contributed by atoms with Crippen molar-refractivity contribution in [2.45, 2.75) is 54.5 Å². The fourth-order valence-corrected chi connectivity index (χ4v) is 1.76. The van der Waals surface area contributed by atoms with E-state index >= 15 is 0 Å². The normalized spacial score (nSPS) is 17.5. The summed E-state index contributed by atoms with van der Waals surface area (Å²) in [7, 11) is 0. The van der Waals surface area contributed by atoms with Crippen molar-refractivity contribution in [3.63, 3.8) is 0 Å². The number of hydrogen-bond acceptors (Lipinski definition) is 1. The molecule has 0 aliphatic carbocycles. The third-order valence-electron chi connectivity index (χ3n) is 3.06. The highest BCUT2D eigenvalue weighted by Gasteiger charge is 2.29. The van der Waals surface area contributed by atoms with E-state index in [2.05, 4.69) is 53.8 Å². The first-order valence-corrected chi connectivity index (χ1v) is 5.54. The predicted octanol–water partition coefficient (Wildman–Crippen LogP) is 3.30. The van der Waals surface area contributed by atoms with E-state index in [-0.39, 0.29) is 0 Å². The van der Waals surface area contributed by atoms with Gasteiger partial charge >= 0.3 is 0 Å². The van der Waals surface area contributed by atoms with E-state index < -0.39 is 0 Å². The number of hydrogen-bond donors (Lipinski definition) is 1. The Hall–Kier alpha value is -0.0400. The Bertz CT molecular complexity index is 133. The third-order valence-corrected chi connectivity index (χ3v) is 3.06. The van der Waals surface area contributed by atoms with Crippen molar-refractivity contribution < 1.29 is 0 Å². The largest absolute Gasteiger partial charge is 0.314 e. The van der Waals surface area contributed by atoms with Crippen LogP contribution in [0, 0.1) is 17.3 Å². The number of rotatable bonds is 4. The highest BCUT2D eigenvalue weighted by atomic mass is 14.9. The van der Waals surface area contributed by atoms with E-state index in [0.717, 1.165) is 6.54 Å². The summed E-state index contributed by atoms with van der Waals surface area (Å²) in [4.78, 5) is 0. The topological polar surface area (TPSA) is 12.0 Å². The molecule has 0 aliphatic rings. The lowest BCUT2D eigenvalue weighted by molar-refractivity contribution is 0.166. The van der Waals surface area contributed by atoms with Crippen LogP contribution in [-0.2, 0) is 0 Å². The molecule has 0 radical (unpaired) electrons. The summed E-state index contributed by atoms with van der Waals surface area (Å²) >= 11 is 0. The van der Waals surface area contributed by atoms with Gasteiger partial charge in [-0.15, -0.1) is 0 Å². The summed E-state index contributed by atoms with van der Waals surface area (Å²) in [5.74, 6) is 1.43. The zero-order valence-corrected chi connectivity index (χ0v) is 10.4. The van der Waals surface area contributed by atoms with Gasteiger partial charge in [0.15, 0.2) is 0 Å². The molecular weight excluding hydrogens is 158 g/mol. The molecule has 0 aromatic carbocycles. The lowest BCUT2D eigenvalue weighted by Crippen LogP contribution is -2.44. The average Bonchev–Trinajstić information content (AvgIpc) is 1.96. The van der Waals surface area contributed by atoms with Crippen LogP contribution in [0.1, 0.15) is 48.5 Å². The van der Waals surface area contributed by atoms with Gasteiger partial charge in [-0.1, -0.05) is 48.5 Å². The molecular formula is C12H27N. The standard InChI is InChI=1S/C12H27N/c1-8-13-11(9(2)3)10(4)12(5,6)7/h9-11,13H,8H2,1-7H3. The predicted molar refractivity (Wildman–Crippen MR) is 60.9 cm³/mol. The molecule has 0 bridgehead atoms. The highest BCUT2D eigenvalue weighted by Crippen LogP contribution is 2.30. The first-order valence-electron chi connectivity index (χ1n) is 5.54. The van der Waals surface area contributed by atoms with E-state index in [1.54, 1.807) is 0 Å². The van der Waals surface area contributed by atoms with Crippen molar-refractivity contribution in [2.75, 3.05) is 6.54 Å². The lowest BCUT2D eigenvalue weighted by Gasteiger charge is -2.37. The summed E-state index contributed by atoms with van der Waals surface area (Å²) < 4.78 is 0. The minimum Gasteiger partial charge on any atom is -0.314 e. The molecule has 80 valence electrons. The summed E-state index contributed by atoms with van der Waals surface area (Å²) in [6.45, 7) is 17.2. The van der Waals surface area contributed by atoms with Crippen LogP contribution in [0.3, 0.4) is 0 Å². The minimum atomic E-state index is 0.400. The van der Waals surface area contributed by atoms with Crippen LogP contribution in [0.25, 0.3) is 0 Å². The smallest absolute Gasteiger partial charge is 0.0120 e. The Kier molecular flexibility index (Phi) is 4.98. The van der Waals surface area contributed by atoms with Crippen LogP contribution in [0.5, 0.6) is 0 Å². The molecule has 1 heteroatoms. The molecule has 0 heterocycles. The average molecular weight is 185 g/mol. The number of nitrogens with one attached hydrogen (secondary N) is 1. The van der Waals surface area contributed by atoms with Crippen LogP contribution in [0.2, 0.25) is 0 Å². The molecule has 0 amide bonds. The molecule has 1 nitrogen and oxygen atoms in total. The fraction of sp³-hybridized carbons (Fsp3) is 1.00. The molecule has 0 aromatic heterocycles. The van der Waals surface area contributed by atoms with Crippen molar-refractivity contribution in [1.82, 2.24) is 5.32 Å². The molecule has 0 aliphatic heterocycles. The summed E-state index contributed by atoms with van der Waals surface area (Å²) in [6, 6.07) is 0.644. The molecule has 0 saturated heterocycles. The van der Waals surface area contributed by atoms with Crippen molar-refractivity contribution >= 4 is 0 Å². The Morgan fingerprint density at radius 2 is 1.54 bits per heavy atom. The molecule has 0 fully saturated rings. The first-order chi connectivity index (χ1) is 5.80. The molecule has 1 N–H and O–H groups in total. The van der Waals surface area contributed by atoms with Gasteiger partial charge in [0, 0.05) is 6.04 Å². The second-order valence-electron chi connectivity index (χ2n) is 5.48. The molecule has 0 aromatic rings. The maximum Gasteiger partial charge on any atom is 0.0120 e. The van der Waals surface area contributed by atoms with Crippen molar-refractivity contribution in [3.8, 4) is 0 Å². The zero-order chi connectivity index (χ0) is 10.6. The van der Waals surface area contributed by atoms with Gasteiger partial charge in [0.05, 0.1) is 0 Å². The SMILES string of the molecule is CCNC(C(C)C)C(C)C(C)(C)C. The third kappa shape index (κ3) is 4.12. The van der Waals surface area contributed by atoms with Crippen molar-refractivity contribution in [3.05, 3.63) is 0 Å². The molecule has 2 unspecified atom stereocenters. The van der Waals surface area contributed by atoms with E-state index in [4.69, 9.17) is 0 Å². The van der Waals surface area contributed by atoms with Gasteiger partial charge in [0.2, 0.25) is 0 Å². The highest BCUT2D eigenvalue weighted by molar-refractivity contribution is 4.83. The van der Waals surface area contributed by atoms with E-state index in [9.17, 15) is 0 Å². The van der Waals surface area contributed by atoms with Crippen molar-refractivity contribution in [2.24, 2.45) is 17.3 Å². The van der Waals surface area contributed by atoms with E-state index in [1.165, 1.54) is 0 Å². The second kappa shape index (κ2) is 4.99. The zero-order valence-electron chi connectivity index (χ0n) is 10.4. The maximum atomic E-state index is 3.59. The fourth-order valence-electron chi connectivity index (χ4n) is 1.76. The van der Waals surface area contributed by atoms with E-state index in [1.807, 2.05) is 0 Å². The molecule has 0 spiro atoms. The summed E-state index contributed by atoms with van der Waals surface area (Å²) in [5, 5.41) is 3.59. The van der Waals surface area contributed by atoms with Gasteiger partial charge in [-0.3, -0.25) is 0 Å². The van der Waals surface area contributed by atoms with Crippen LogP contribution >= 0.6 is 0 Å². The Labute approximate surface area is 84.3 Å². The molecule has 2 atom stereocenters. The second-order valence-corrected chi connectivity index (χ2v) is 5.48. The van der Waals surface area contributed by atoms with Gasteiger partial charge in [-0.2, -0.15) is 0 Å². The Balaban J connectivity index is 4.36. The lowest BCUT2D eigenvalue weighted by atomic mass is 9.74. The van der Waals surface area contributed by atoms with Crippen LogP contribution in [-0.4, -0.2) is 12.6 Å². The van der Waals surface area contributed by atoms with Gasteiger partial charge in [0.25, 0.3) is 0 Å². The molecule has 0 rings (SSSR count). The van der Waals surface area contributed by atoms with Crippen LogP contribution in [0.15, 0.2) is 0 Å². The van der Waals surface area contributed by atoms with Gasteiger partial charge in [-0.05, 0) is 23.8 Å². The summed E-state index contributed by atoms with van der Waals surface area (Å²) in [5.41, 5.74) is 0.400.